The second-order valence-electron chi connectivity index (χ2n) is 2.88. The molecule has 1 heterocycles. The minimum Gasteiger partial charge on any atom is -0.478 e. The molecule has 0 fully saturated rings. The first-order valence-electron chi connectivity index (χ1n) is 4.28. The van der Waals surface area contributed by atoms with Crippen molar-refractivity contribution in [1.29, 1.82) is 0 Å². The van der Waals surface area contributed by atoms with E-state index >= 15 is 0 Å². The van der Waals surface area contributed by atoms with Gasteiger partial charge in [0, 0.05) is 23.2 Å². The molecule has 84 valence electrons. The molecule has 0 spiro atoms. The second kappa shape index (κ2) is 5.34. The molecule has 0 aromatic carbocycles. The molecule has 15 heavy (non-hydrogen) atoms. The predicted octanol–water partition coefficient (Wildman–Crippen LogP) is 3.57. The van der Waals surface area contributed by atoms with Crippen LogP contribution in [0.3, 0.4) is 0 Å². The van der Waals surface area contributed by atoms with E-state index < -0.39 is 12.6 Å². The van der Waals surface area contributed by atoms with Gasteiger partial charge in [0.05, 0.1) is 6.61 Å². The van der Waals surface area contributed by atoms with E-state index in [1.165, 1.54) is 6.20 Å². The van der Waals surface area contributed by atoms with Crippen molar-refractivity contribution in [2.45, 2.75) is 19.0 Å². The molecule has 2 nitrogen and oxygen atoms in total. The van der Waals surface area contributed by atoms with Crippen molar-refractivity contribution in [3.63, 3.8) is 0 Å². The quantitative estimate of drug-likeness (QED) is 0.789. The first-order chi connectivity index (χ1) is 6.97. The standard InChI is InChI=1S/C9H9BrF3NO/c10-7-2-3-8(14-6-7)15-5-1-4-9(11,12)13/h2-3,6H,1,4-5H2. The Hall–Kier alpha value is -0.780. The normalized spacial score (nSPS) is 11.5. The lowest BCUT2D eigenvalue weighted by atomic mass is 10.3. The van der Waals surface area contributed by atoms with Crippen LogP contribution in [0.25, 0.3) is 0 Å². The topological polar surface area (TPSA) is 22.1 Å². The van der Waals surface area contributed by atoms with Crippen molar-refractivity contribution in [3.8, 4) is 5.88 Å². The zero-order chi connectivity index (χ0) is 11.3. The van der Waals surface area contributed by atoms with Gasteiger partial charge in [0.15, 0.2) is 0 Å². The van der Waals surface area contributed by atoms with Gasteiger partial charge in [-0.3, -0.25) is 0 Å². The van der Waals surface area contributed by atoms with Gasteiger partial charge in [-0.15, -0.1) is 0 Å². The summed E-state index contributed by atoms with van der Waals surface area (Å²) in [6.45, 7) is 0.0220. The molecular formula is C9H9BrF3NO. The highest BCUT2D eigenvalue weighted by atomic mass is 79.9. The Morgan fingerprint density at radius 3 is 2.60 bits per heavy atom. The maximum atomic E-state index is 11.8. The van der Waals surface area contributed by atoms with Crippen LogP contribution < -0.4 is 4.74 Å². The van der Waals surface area contributed by atoms with Gasteiger partial charge in [-0.1, -0.05) is 0 Å². The van der Waals surface area contributed by atoms with Gasteiger partial charge in [0.1, 0.15) is 0 Å². The highest BCUT2D eigenvalue weighted by Crippen LogP contribution is 2.21. The molecule has 0 atom stereocenters. The molecule has 0 aliphatic heterocycles. The van der Waals surface area contributed by atoms with Crippen LogP contribution in [0.2, 0.25) is 0 Å². The predicted molar refractivity (Wildman–Crippen MR) is 52.7 cm³/mol. The lowest BCUT2D eigenvalue weighted by molar-refractivity contribution is -0.136. The zero-order valence-electron chi connectivity index (χ0n) is 7.72. The summed E-state index contributed by atoms with van der Waals surface area (Å²) in [4.78, 5) is 3.86. The summed E-state index contributed by atoms with van der Waals surface area (Å²) in [5, 5.41) is 0. The lowest BCUT2D eigenvalue weighted by Gasteiger charge is -2.07. The molecule has 0 bridgehead atoms. The van der Waals surface area contributed by atoms with Gasteiger partial charge >= 0.3 is 6.18 Å². The third kappa shape index (κ3) is 5.61. The summed E-state index contributed by atoms with van der Waals surface area (Å²) < 4.78 is 41.1. The van der Waals surface area contributed by atoms with Gasteiger partial charge in [-0.2, -0.15) is 13.2 Å². The van der Waals surface area contributed by atoms with E-state index in [0.29, 0.717) is 5.88 Å². The Morgan fingerprint density at radius 1 is 1.33 bits per heavy atom. The Kier molecular flexibility index (Phi) is 4.38. The Balaban J connectivity index is 2.23. The summed E-state index contributed by atoms with van der Waals surface area (Å²) in [5.41, 5.74) is 0. The average molecular weight is 284 g/mol. The van der Waals surface area contributed by atoms with Gasteiger partial charge < -0.3 is 4.74 Å². The van der Waals surface area contributed by atoms with E-state index in [1.54, 1.807) is 12.1 Å². The van der Waals surface area contributed by atoms with Crippen molar-refractivity contribution in [3.05, 3.63) is 22.8 Å². The van der Waals surface area contributed by atoms with Crippen LogP contribution in [0.15, 0.2) is 22.8 Å². The molecule has 1 aromatic heterocycles. The highest BCUT2D eigenvalue weighted by Gasteiger charge is 2.26. The maximum Gasteiger partial charge on any atom is 0.389 e. The smallest absolute Gasteiger partial charge is 0.389 e. The van der Waals surface area contributed by atoms with Gasteiger partial charge in [0.2, 0.25) is 5.88 Å². The molecule has 0 N–H and O–H groups in total. The Bertz CT molecular complexity index is 299. The third-order valence-electron chi connectivity index (χ3n) is 1.55. The minimum atomic E-state index is -4.11. The van der Waals surface area contributed by atoms with Crippen molar-refractivity contribution in [2.75, 3.05) is 6.61 Å². The molecule has 0 unspecified atom stereocenters. The summed E-state index contributed by atoms with van der Waals surface area (Å²) in [7, 11) is 0. The molecule has 0 saturated heterocycles. The average Bonchev–Trinajstić information content (AvgIpc) is 2.14. The highest BCUT2D eigenvalue weighted by molar-refractivity contribution is 9.10. The lowest BCUT2D eigenvalue weighted by Crippen LogP contribution is -2.09. The molecule has 0 amide bonds. The fourth-order valence-electron chi connectivity index (χ4n) is 0.897. The first-order valence-corrected chi connectivity index (χ1v) is 5.08. The largest absolute Gasteiger partial charge is 0.478 e. The van der Waals surface area contributed by atoms with E-state index in [9.17, 15) is 13.2 Å². The zero-order valence-corrected chi connectivity index (χ0v) is 9.31. The number of alkyl halides is 3. The van der Waals surface area contributed by atoms with Gasteiger partial charge in [-0.25, -0.2) is 4.98 Å². The summed E-state index contributed by atoms with van der Waals surface area (Å²) in [6.07, 6.45) is -3.47. The van der Waals surface area contributed by atoms with E-state index in [0.717, 1.165) is 4.47 Å². The SMILES string of the molecule is FC(F)(F)CCCOc1ccc(Br)cn1. The van der Waals surface area contributed by atoms with Gasteiger partial charge in [-0.05, 0) is 28.4 Å². The second-order valence-corrected chi connectivity index (χ2v) is 3.80. The minimum absolute atomic E-state index is 0.0220. The molecule has 1 aromatic rings. The van der Waals surface area contributed by atoms with Crippen molar-refractivity contribution < 1.29 is 17.9 Å². The van der Waals surface area contributed by atoms with Crippen molar-refractivity contribution in [1.82, 2.24) is 4.98 Å². The van der Waals surface area contributed by atoms with Crippen LogP contribution >= 0.6 is 15.9 Å². The number of hydrogen-bond acceptors (Lipinski definition) is 2. The monoisotopic (exact) mass is 283 g/mol. The van der Waals surface area contributed by atoms with Crippen molar-refractivity contribution >= 4 is 15.9 Å². The van der Waals surface area contributed by atoms with E-state index in [1.807, 2.05) is 0 Å². The summed E-state index contributed by atoms with van der Waals surface area (Å²) >= 11 is 3.19. The van der Waals surface area contributed by atoms with E-state index in [2.05, 4.69) is 20.9 Å². The number of nitrogens with zero attached hydrogens (tertiary/aromatic N) is 1. The Labute approximate surface area is 93.6 Å². The van der Waals surface area contributed by atoms with Crippen LogP contribution in [0.4, 0.5) is 13.2 Å². The molecule has 0 saturated carbocycles. The number of ether oxygens (including phenoxy) is 1. The van der Waals surface area contributed by atoms with Crippen LogP contribution in [-0.2, 0) is 0 Å². The molecule has 0 radical (unpaired) electrons. The van der Waals surface area contributed by atoms with Gasteiger partial charge in [0.25, 0.3) is 0 Å². The number of pyridine rings is 1. The Morgan fingerprint density at radius 2 is 2.07 bits per heavy atom. The first kappa shape index (κ1) is 12.3. The van der Waals surface area contributed by atoms with Crippen LogP contribution in [0.5, 0.6) is 5.88 Å². The molecular weight excluding hydrogens is 275 g/mol. The number of rotatable bonds is 4. The van der Waals surface area contributed by atoms with E-state index in [-0.39, 0.29) is 13.0 Å². The molecule has 1 rings (SSSR count). The summed E-state index contributed by atoms with van der Waals surface area (Å²) in [5.74, 6) is 0.334. The van der Waals surface area contributed by atoms with Crippen LogP contribution in [0, 0.1) is 0 Å². The summed E-state index contributed by atoms with van der Waals surface area (Å²) in [6, 6.07) is 3.31. The fourth-order valence-corrected chi connectivity index (χ4v) is 1.13. The third-order valence-corrected chi connectivity index (χ3v) is 2.02. The van der Waals surface area contributed by atoms with E-state index in [4.69, 9.17) is 4.74 Å². The fraction of sp³-hybridized carbons (Fsp3) is 0.444. The molecule has 0 aliphatic carbocycles. The molecule has 6 heteroatoms. The number of aromatic nitrogens is 1. The number of halogens is 4. The van der Waals surface area contributed by atoms with Crippen LogP contribution in [-0.4, -0.2) is 17.8 Å². The van der Waals surface area contributed by atoms with Crippen LogP contribution in [0.1, 0.15) is 12.8 Å². The van der Waals surface area contributed by atoms with Crippen molar-refractivity contribution in [2.24, 2.45) is 0 Å². The number of hydrogen-bond donors (Lipinski definition) is 0. The molecule has 0 aliphatic rings. The maximum absolute atomic E-state index is 11.8.